The minimum Gasteiger partial charge on any atom is -0.413 e. The highest BCUT2D eigenvalue weighted by molar-refractivity contribution is 9.15. The van der Waals surface area contributed by atoms with Gasteiger partial charge in [0.2, 0.25) is 0 Å². The fourth-order valence-electron chi connectivity index (χ4n) is 1.07. The van der Waals surface area contributed by atoms with Crippen molar-refractivity contribution >= 4 is 88.0 Å². The lowest BCUT2D eigenvalue weighted by Crippen LogP contribution is -2.25. The largest absolute Gasteiger partial charge is 0.413 e. The van der Waals surface area contributed by atoms with Crippen LogP contribution >= 0.6 is 79.6 Å². The van der Waals surface area contributed by atoms with Gasteiger partial charge in [0, 0.05) is 27.9 Å². The summed E-state index contributed by atoms with van der Waals surface area (Å²) in [6.07, 6.45) is 0. The van der Waals surface area contributed by atoms with Gasteiger partial charge < -0.3 is 4.43 Å². The molecule has 0 aliphatic carbocycles. The summed E-state index contributed by atoms with van der Waals surface area (Å²) in [7, 11) is -1.52. The number of hydrogen-bond donors (Lipinski definition) is 0. The van der Waals surface area contributed by atoms with Crippen LogP contribution < -0.4 is 0 Å². The average molecular weight is 575 g/mol. The molecule has 1 rings (SSSR count). The summed E-state index contributed by atoms with van der Waals surface area (Å²) in [6, 6.07) is 0. The van der Waals surface area contributed by atoms with Crippen LogP contribution in [0.15, 0.2) is 22.4 Å². The Morgan fingerprint density at radius 1 is 0.765 bits per heavy atom. The van der Waals surface area contributed by atoms with Gasteiger partial charge in [0.05, 0.1) is 6.61 Å². The minimum absolute atomic E-state index is 0.599. The summed E-state index contributed by atoms with van der Waals surface area (Å²) in [4.78, 5) is 0. The van der Waals surface area contributed by atoms with Crippen LogP contribution in [0.4, 0.5) is 0 Å². The van der Waals surface area contributed by atoms with Crippen LogP contribution in [-0.2, 0) is 11.0 Å². The van der Waals surface area contributed by atoms with Gasteiger partial charge in [0.25, 0.3) is 0 Å². The van der Waals surface area contributed by atoms with Crippen molar-refractivity contribution in [3.8, 4) is 0 Å². The van der Waals surface area contributed by atoms with Crippen LogP contribution in [0.25, 0.3) is 0 Å². The Morgan fingerprint density at radius 2 is 1.12 bits per heavy atom. The average Bonchev–Trinajstić information content (AvgIpc) is 2.22. The number of rotatable bonds is 3. The van der Waals surface area contributed by atoms with E-state index in [9.17, 15) is 0 Å². The lowest BCUT2D eigenvalue weighted by Gasteiger charge is -2.20. The summed E-state index contributed by atoms with van der Waals surface area (Å²) in [5, 5.41) is 0. The second kappa shape index (κ2) is 6.50. The zero-order valence-corrected chi connectivity index (χ0v) is 18.4. The van der Waals surface area contributed by atoms with Crippen molar-refractivity contribution in [3.05, 3.63) is 27.9 Å². The van der Waals surface area contributed by atoms with Gasteiger partial charge in [-0.1, -0.05) is 0 Å². The molecule has 0 aliphatic heterocycles. The fourth-order valence-corrected chi connectivity index (χ4v) is 5.00. The van der Waals surface area contributed by atoms with Gasteiger partial charge in [-0.25, -0.2) is 0 Å². The maximum absolute atomic E-state index is 5.95. The first-order chi connectivity index (χ1) is 7.65. The lowest BCUT2D eigenvalue weighted by atomic mass is 10.2. The molecule has 1 aromatic carbocycles. The lowest BCUT2D eigenvalue weighted by molar-refractivity contribution is 0.298. The van der Waals surface area contributed by atoms with Crippen molar-refractivity contribution in [3.63, 3.8) is 0 Å². The molecule has 0 N–H and O–H groups in total. The van der Waals surface area contributed by atoms with Gasteiger partial charge in [-0.2, -0.15) is 0 Å². The Labute approximate surface area is 145 Å². The maximum Gasteiger partial charge on any atom is 0.184 e. The van der Waals surface area contributed by atoms with Crippen LogP contribution in [0.1, 0.15) is 5.56 Å². The molecule has 1 aromatic rings. The molecule has 0 spiro atoms. The van der Waals surface area contributed by atoms with Crippen LogP contribution in [0, 0.1) is 0 Å². The first kappa shape index (κ1) is 16.9. The van der Waals surface area contributed by atoms with E-state index in [1.54, 1.807) is 0 Å². The highest BCUT2D eigenvalue weighted by Crippen LogP contribution is 2.44. The first-order valence-corrected chi connectivity index (χ1v) is 12.2. The molecule has 0 saturated heterocycles. The molecular weight excluding hydrogens is 564 g/mol. The van der Waals surface area contributed by atoms with Gasteiger partial charge in [-0.3, -0.25) is 0 Å². The molecule has 1 nitrogen and oxygen atoms in total. The van der Waals surface area contributed by atoms with Crippen molar-refractivity contribution in [2.24, 2.45) is 0 Å². The predicted octanol–water partition coefficient (Wildman–Crippen LogP) is 6.85. The maximum atomic E-state index is 5.95. The van der Waals surface area contributed by atoms with E-state index in [0.29, 0.717) is 6.61 Å². The zero-order valence-electron chi connectivity index (χ0n) is 9.51. The van der Waals surface area contributed by atoms with Gasteiger partial charge in [0.15, 0.2) is 8.32 Å². The van der Waals surface area contributed by atoms with E-state index in [0.717, 1.165) is 27.9 Å². The molecule has 0 amide bonds. The normalized spacial score (nSPS) is 12.0. The Bertz CT molecular complexity index is 412. The summed E-state index contributed by atoms with van der Waals surface area (Å²) < 4.78 is 10.9. The van der Waals surface area contributed by atoms with Crippen molar-refractivity contribution in [2.45, 2.75) is 26.2 Å². The predicted molar refractivity (Wildman–Crippen MR) is 93.1 cm³/mol. The van der Waals surface area contributed by atoms with E-state index in [4.69, 9.17) is 4.43 Å². The molecule has 17 heavy (non-hydrogen) atoms. The third kappa shape index (κ3) is 4.39. The highest BCUT2D eigenvalue weighted by atomic mass is 79.9. The van der Waals surface area contributed by atoms with Crippen molar-refractivity contribution in [2.75, 3.05) is 0 Å². The highest BCUT2D eigenvalue weighted by Gasteiger charge is 2.20. The molecular formula is C10H11Br5OSi. The molecule has 0 aromatic heterocycles. The van der Waals surface area contributed by atoms with Gasteiger partial charge in [-0.05, 0) is 99.3 Å². The van der Waals surface area contributed by atoms with E-state index < -0.39 is 8.32 Å². The van der Waals surface area contributed by atoms with Crippen molar-refractivity contribution < 1.29 is 4.43 Å². The van der Waals surface area contributed by atoms with Crippen LogP contribution in [0.2, 0.25) is 19.6 Å². The summed E-state index contributed by atoms with van der Waals surface area (Å²) in [5.41, 5.74) is 1.11. The van der Waals surface area contributed by atoms with E-state index in [1.165, 1.54) is 0 Å². The molecule has 0 radical (unpaired) electrons. The van der Waals surface area contributed by atoms with Crippen molar-refractivity contribution in [1.82, 2.24) is 0 Å². The van der Waals surface area contributed by atoms with E-state index in [2.05, 4.69) is 99.3 Å². The van der Waals surface area contributed by atoms with Crippen LogP contribution in [0.3, 0.4) is 0 Å². The van der Waals surface area contributed by atoms with Crippen molar-refractivity contribution in [1.29, 1.82) is 0 Å². The smallest absolute Gasteiger partial charge is 0.184 e. The molecule has 0 bridgehead atoms. The SMILES string of the molecule is C[Si](C)(C)OCc1c(Br)c(Br)c(Br)c(Br)c1Br. The third-order valence-corrected chi connectivity index (χ3v) is 9.22. The van der Waals surface area contributed by atoms with Gasteiger partial charge in [0.1, 0.15) is 0 Å². The molecule has 96 valence electrons. The molecule has 0 saturated carbocycles. The molecule has 0 aliphatic rings. The minimum atomic E-state index is -1.52. The summed E-state index contributed by atoms with van der Waals surface area (Å²) in [6.45, 7) is 7.13. The fraction of sp³-hybridized carbons (Fsp3) is 0.400. The third-order valence-electron chi connectivity index (χ3n) is 1.95. The van der Waals surface area contributed by atoms with E-state index >= 15 is 0 Å². The topological polar surface area (TPSA) is 9.23 Å². The molecule has 0 heterocycles. The summed E-state index contributed by atoms with van der Waals surface area (Å²) >= 11 is 17.8. The van der Waals surface area contributed by atoms with E-state index in [-0.39, 0.29) is 0 Å². The number of halogens is 5. The van der Waals surface area contributed by atoms with Crippen LogP contribution in [0.5, 0.6) is 0 Å². The Morgan fingerprint density at radius 3 is 1.47 bits per heavy atom. The van der Waals surface area contributed by atoms with Crippen LogP contribution in [-0.4, -0.2) is 8.32 Å². The number of benzene rings is 1. The summed E-state index contributed by atoms with van der Waals surface area (Å²) in [5.74, 6) is 0. The Kier molecular flexibility index (Phi) is 6.44. The molecule has 0 atom stereocenters. The van der Waals surface area contributed by atoms with Gasteiger partial charge in [-0.15, -0.1) is 0 Å². The zero-order chi connectivity index (χ0) is 13.4. The molecule has 0 fully saturated rings. The second-order valence-electron chi connectivity index (χ2n) is 4.45. The second-order valence-corrected chi connectivity index (χ2v) is 12.9. The molecule has 0 unspecified atom stereocenters. The van der Waals surface area contributed by atoms with E-state index in [1.807, 2.05) is 0 Å². The molecule has 7 heteroatoms. The standard InChI is InChI=1S/C10H11Br5OSi/c1-17(2,3)16-4-5-6(11)8(13)10(15)9(14)7(5)12/h4H2,1-3H3. The number of hydrogen-bond acceptors (Lipinski definition) is 1. The quantitative estimate of drug-likeness (QED) is 0.218. The first-order valence-electron chi connectivity index (χ1n) is 4.79. The Hall–Kier alpha value is 1.80. The van der Waals surface area contributed by atoms with Gasteiger partial charge >= 0.3 is 0 Å². The monoisotopic (exact) mass is 570 g/mol. The Balaban J connectivity index is 3.16.